The van der Waals surface area contributed by atoms with Gasteiger partial charge in [0.25, 0.3) is 5.91 Å². The molecule has 0 spiro atoms. The zero-order valence-corrected chi connectivity index (χ0v) is 12.5. The molecule has 1 aromatic carbocycles. The maximum atomic E-state index is 11.8. The second-order valence-electron chi connectivity index (χ2n) is 4.73. The minimum Gasteiger partial charge on any atom is -0.481 e. The summed E-state index contributed by atoms with van der Waals surface area (Å²) in [6, 6.07) is 4.57. The largest absolute Gasteiger partial charge is 0.481 e. The highest BCUT2D eigenvalue weighted by molar-refractivity contribution is 6.34. The molecule has 1 unspecified atom stereocenters. The number of hydrogen-bond donors (Lipinski definition) is 3. The molecule has 0 saturated heterocycles. The summed E-state index contributed by atoms with van der Waals surface area (Å²) in [5.41, 5.74) is 0.695. The summed E-state index contributed by atoms with van der Waals surface area (Å²) in [4.78, 5) is 33.9. The van der Waals surface area contributed by atoms with Gasteiger partial charge in [-0.05, 0) is 24.1 Å². The molecule has 0 aliphatic carbocycles. The lowest BCUT2D eigenvalue weighted by atomic mass is 10.0. The molecule has 1 atom stereocenters. The lowest BCUT2D eigenvalue weighted by Gasteiger charge is -2.11. The molecule has 1 rings (SSSR count). The van der Waals surface area contributed by atoms with Crippen molar-refractivity contribution in [3.8, 4) is 0 Å². The molecule has 0 aromatic heterocycles. The predicted octanol–water partition coefficient (Wildman–Crippen LogP) is 2.14. The van der Waals surface area contributed by atoms with Crippen molar-refractivity contribution in [2.45, 2.75) is 19.8 Å². The number of anilines is 1. The first-order chi connectivity index (χ1) is 9.83. The van der Waals surface area contributed by atoms with E-state index in [1.807, 2.05) is 0 Å². The molecule has 0 fully saturated rings. The molecule has 3 N–H and O–H groups in total. The van der Waals surface area contributed by atoms with Gasteiger partial charge in [0, 0.05) is 25.6 Å². The average molecular weight is 313 g/mol. The maximum Gasteiger partial charge on any atom is 0.303 e. The van der Waals surface area contributed by atoms with Gasteiger partial charge < -0.3 is 15.7 Å². The summed E-state index contributed by atoms with van der Waals surface area (Å²) in [6.45, 7) is 1.69. The van der Waals surface area contributed by atoms with Crippen LogP contribution in [0.25, 0.3) is 0 Å². The highest BCUT2D eigenvalue weighted by Gasteiger charge is 2.14. The molecule has 0 heterocycles. The number of halogens is 1. The maximum absolute atomic E-state index is 11.8. The van der Waals surface area contributed by atoms with Crippen LogP contribution in [0.3, 0.4) is 0 Å². The Kier molecular flexibility index (Phi) is 6.17. The molecular formula is C14H17ClN2O4. The Bertz CT molecular complexity index is 560. The quantitative estimate of drug-likeness (QED) is 0.750. The van der Waals surface area contributed by atoms with E-state index in [1.54, 1.807) is 13.0 Å². The first-order valence-corrected chi connectivity index (χ1v) is 6.74. The van der Waals surface area contributed by atoms with Gasteiger partial charge in [0.1, 0.15) is 0 Å². The number of carbonyl (C=O) groups is 3. The number of amides is 2. The lowest BCUT2D eigenvalue weighted by molar-refractivity contribution is -0.138. The third kappa shape index (κ3) is 5.43. The topological polar surface area (TPSA) is 95.5 Å². The van der Waals surface area contributed by atoms with E-state index in [2.05, 4.69) is 10.6 Å². The summed E-state index contributed by atoms with van der Waals surface area (Å²) in [7, 11) is 1.48. The van der Waals surface area contributed by atoms with Crippen LogP contribution in [-0.4, -0.2) is 29.9 Å². The van der Waals surface area contributed by atoms with Crippen molar-refractivity contribution in [3.63, 3.8) is 0 Å². The van der Waals surface area contributed by atoms with Gasteiger partial charge in [-0.2, -0.15) is 0 Å². The molecule has 6 nitrogen and oxygen atoms in total. The zero-order chi connectivity index (χ0) is 16.0. The van der Waals surface area contributed by atoms with Gasteiger partial charge in [-0.15, -0.1) is 0 Å². The summed E-state index contributed by atoms with van der Waals surface area (Å²) < 4.78 is 0. The van der Waals surface area contributed by atoms with Crippen LogP contribution in [-0.2, 0) is 9.59 Å². The number of benzene rings is 1. The van der Waals surface area contributed by atoms with Crippen molar-refractivity contribution in [2.24, 2.45) is 5.92 Å². The monoisotopic (exact) mass is 312 g/mol. The Balaban J connectivity index is 2.72. The normalized spacial score (nSPS) is 11.6. The Morgan fingerprint density at radius 1 is 1.29 bits per heavy atom. The van der Waals surface area contributed by atoms with Crippen molar-refractivity contribution in [3.05, 3.63) is 28.8 Å². The van der Waals surface area contributed by atoms with Crippen LogP contribution in [0.4, 0.5) is 5.69 Å². The lowest BCUT2D eigenvalue weighted by Crippen LogP contribution is -2.20. The van der Waals surface area contributed by atoms with Crippen LogP contribution in [0.2, 0.25) is 5.02 Å². The fourth-order valence-electron chi connectivity index (χ4n) is 1.81. The Hall–Kier alpha value is -2.08. The van der Waals surface area contributed by atoms with Crippen LogP contribution in [0, 0.1) is 5.92 Å². The third-order valence-corrected chi connectivity index (χ3v) is 3.11. The van der Waals surface area contributed by atoms with Crippen molar-refractivity contribution in [1.29, 1.82) is 0 Å². The molecule has 7 heteroatoms. The number of hydrogen-bond acceptors (Lipinski definition) is 3. The van der Waals surface area contributed by atoms with E-state index >= 15 is 0 Å². The van der Waals surface area contributed by atoms with Gasteiger partial charge in [-0.3, -0.25) is 14.4 Å². The van der Waals surface area contributed by atoms with Gasteiger partial charge in [0.2, 0.25) is 5.91 Å². The Labute approximate surface area is 127 Å². The van der Waals surface area contributed by atoms with E-state index < -0.39 is 5.97 Å². The number of carboxylic acid groups (broad SMARTS) is 1. The smallest absolute Gasteiger partial charge is 0.303 e. The minimum atomic E-state index is -0.941. The van der Waals surface area contributed by atoms with Crippen LogP contribution >= 0.6 is 11.6 Å². The van der Waals surface area contributed by atoms with Crippen LogP contribution in [0.15, 0.2) is 18.2 Å². The van der Waals surface area contributed by atoms with Crippen LogP contribution < -0.4 is 10.6 Å². The first-order valence-electron chi connectivity index (χ1n) is 6.36. The second-order valence-corrected chi connectivity index (χ2v) is 5.14. The van der Waals surface area contributed by atoms with E-state index in [0.29, 0.717) is 5.69 Å². The molecule has 21 heavy (non-hydrogen) atoms. The third-order valence-electron chi connectivity index (χ3n) is 2.78. The summed E-state index contributed by atoms with van der Waals surface area (Å²) >= 11 is 5.91. The summed E-state index contributed by atoms with van der Waals surface area (Å²) in [5.74, 6) is -1.87. The number of carbonyl (C=O) groups excluding carboxylic acids is 2. The molecule has 1 aromatic rings. The fraction of sp³-hybridized carbons (Fsp3) is 0.357. The Morgan fingerprint density at radius 3 is 2.52 bits per heavy atom. The molecule has 2 amide bonds. The van der Waals surface area contributed by atoms with Gasteiger partial charge in [0.05, 0.1) is 10.6 Å². The van der Waals surface area contributed by atoms with E-state index in [9.17, 15) is 14.4 Å². The highest BCUT2D eigenvalue weighted by atomic mass is 35.5. The van der Waals surface area contributed by atoms with Crippen molar-refractivity contribution in [2.75, 3.05) is 12.4 Å². The first kappa shape index (κ1) is 17.0. The van der Waals surface area contributed by atoms with Crippen LogP contribution in [0.5, 0.6) is 0 Å². The molecule has 114 valence electrons. The van der Waals surface area contributed by atoms with Gasteiger partial charge in [-0.25, -0.2) is 0 Å². The van der Waals surface area contributed by atoms with E-state index in [1.165, 1.54) is 19.2 Å². The van der Waals surface area contributed by atoms with Crippen molar-refractivity contribution in [1.82, 2.24) is 5.32 Å². The molecule has 0 saturated carbocycles. The minimum absolute atomic E-state index is 0.0719. The number of nitrogens with one attached hydrogen (secondary N) is 2. The standard InChI is InChI=1S/C14H17ClN2O4/c1-8(6-13(19)20)5-12(18)17-9-3-4-11(15)10(7-9)14(21)16-2/h3-4,7-8H,5-6H2,1-2H3,(H,16,21)(H,17,18)(H,19,20). The van der Waals surface area contributed by atoms with E-state index in [-0.39, 0.29) is 41.2 Å². The SMILES string of the molecule is CNC(=O)c1cc(NC(=O)CC(C)CC(=O)O)ccc1Cl. The fourth-order valence-corrected chi connectivity index (χ4v) is 2.01. The van der Waals surface area contributed by atoms with Crippen molar-refractivity contribution >= 4 is 35.1 Å². The summed E-state index contributed by atoms with van der Waals surface area (Å²) in [5, 5.41) is 14.0. The Morgan fingerprint density at radius 2 is 1.95 bits per heavy atom. The van der Waals surface area contributed by atoms with Gasteiger partial charge in [-0.1, -0.05) is 18.5 Å². The average Bonchev–Trinajstić information content (AvgIpc) is 2.38. The van der Waals surface area contributed by atoms with Crippen molar-refractivity contribution < 1.29 is 19.5 Å². The van der Waals surface area contributed by atoms with E-state index in [0.717, 1.165) is 0 Å². The zero-order valence-electron chi connectivity index (χ0n) is 11.8. The summed E-state index contributed by atoms with van der Waals surface area (Å²) in [6.07, 6.45) is 0.0156. The second kappa shape index (κ2) is 7.64. The highest BCUT2D eigenvalue weighted by Crippen LogP contribution is 2.21. The number of aliphatic carboxylic acids is 1. The van der Waals surface area contributed by atoms with Crippen LogP contribution in [0.1, 0.15) is 30.1 Å². The molecule has 0 bridgehead atoms. The van der Waals surface area contributed by atoms with E-state index in [4.69, 9.17) is 16.7 Å². The number of carboxylic acids is 1. The molecular weight excluding hydrogens is 296 g/mol. The molecule has 0 radical (unpaired) electrons. The molecule has 0 aliphatic rings. The predicted molar refractivity (Wildman–Crippen MR) is 79.5 cm³/mol. The molecule has 0 aliphatic heterocycles. The van der Waals surface area contributed by atoms with Gasteiger partial charge >= 0.3 is 5.97 Å². The number of rotatable bonds is 6. The van der Waals surface area contributed by atoms with Gasteiger partial charge in [0.15, 0.2) is 0 Å².